The van der Waals surface area contributed by atoms with Gasteiger partial charge in [0.2, 0.25) is 5.91 Å². The minimum absolute atomic E-state index is 0.106. The fourth-order valence-electron chi connectivity index (χ4n) is 2.40. The molecule has 0 unspecified atom stereocenters. The van der Waals surface area contributed by atoms with Crippen LogP contribution in [0.15, 0.2) is 53.4 Å². The van der Waals surface area contributed by atoms with Gasteiger partial charge in [-0.15, -0.1) is 0 Å². The summed E-state index contributed by atoms with van der Waals surface area (Å²) in [7, 11) is -0.166. The number of aryl methyl sites for hydroxylation is 1. The van der Waals surface area contributed by atoms with Gasteiger partial charge in [-0.1, -0.05) is 41.4 Å². The maximum Gasteiger partial charge on any atom is 0.264 e. The van der Waals surface area contributed by atoms with E-state index in [0.717, 1.165) is 9.87 Å². The lowest BCUT2D eigenvalue weighted by atomic mass is 10.2. The van der Waals surface area contributed by atoms with E-state index in [1.165, 1.54) is 12.1 Å². The highest BCUT2D eigenvalue weighted by molar-refractivity contribution is 7.92. The third kappa shape index (κ3) is 5.69. The fraction of sp³-hybridized carbons (Fsp3) is 0.316. The van der Waals surface area contributed by atoms with Crippen molar-refractivity contribution in [2.75, 3.05) is 38.0 Å². The van der Waals surface area contributed by atoms with Crippen molar-refractivity contribution >= 4 is 33.2 Å². The maximum atomic E-state index is 13.2. The van der Waals surface area contributed by atoms with Gasteiger partial charge in [0, 0.05) is 13.1 Å². The average molecular weight is 410 g/mol. The van der Waals surface area contributed by atoms with Gasteiger partial charge in [0.25, 0.3) is 10.0 Å². The molecule has 2 aromatic carbocycles. The van der Waals surface area contributed by atoms with Crippen molar-refractivity contribution in [3.63, 3.8) is 0 Å². The Hall–Kier alpha value is -2.09. The van der Waals surface area contributed by atoms with Crippen LogP contribution in [0, 0.1) is 6.92 Å². The molecule has 146 valence electrons. The number of nitrogens with one attached hydrogen (secondary N) is 1. The predicted molar refractivity (Wildman–Crippen MR) is 109 cm³/mol. The summed E-state index contributed by atoms with van der Waals surface area (Å²) in [4.78, 5) is 14.4. The molecule has 0 fully saturated rings. The van der Waals surface area contributed by atoms with Crippen LogP contribution in [0.25, 0.3) is 0 Å². The molecule has 0 saturated carbocycles. The van der Waals surface area contributed by atoms with E-state index in [1.807, 2.05) is 25.9 Å². The molecule has 1 amide bonds. The Morgan fingerprint density at radius 2 is 1.70 bits per heavy atom. The average Bonchev–Trinajstić information content (AvgIpc) is 2.60. The molecule has 0 aliphatic carbocycles. The van der Waals surface area contributed by atoms with Crippen molar-refractivity contribution in [1.82, 2.24) is 10.2 Å². The Morgan fingerprint density at radius 3 is 2.30 bits per heavy atom. The van der Waals surface area contributed by atoms with Gasteiger partial charge in [-0.25, -0.2) is 8.42 Å². The van der Waals surface area contributed by atoms with Crippen LogP contribution < -0.4 is 9.62 Å². The van der Waals surface area contributed by atoms with Gasteiger partial charge in [0.05, 0.1) is 15.6 Å². The molecule has 8 heteroatoms. The van der Waals surface area contributed by atoms with Gasteiger partial charge in [-0.3, -0.25) is 9.10 Å². The van der Waals surface area contributed by atoms with E-state index in [9.17, 15) is 13.2 Å². The van der Waals surface area contributed by atoms with Crippen molar-refractivity contribution < 1.29 is 13.2 Å². The third-order valence-electron chi connectivity index (χ3n) is 3.90. The summed E-state index contributed by atoms with van der Waals surface area (Å²) in [5.74, 6) is -0.396. The second-order valence-electron chi connectivity index (χ2n) is 6.43. The number of likely N-dealkylation sites (N-methyl/N-ethyl adjacent to an activating group) is 1. The Morgan fingerprint density at radius 1 is 1.07 bits per heavy atom. The molecule has 0 aliphatic rings. The van der Waals surface area contributed by atoms with Crippen LogP contribution in [-0.4, -0.2) is 53.0 Å². The number of para-hydroxylation sites is 1. The Kier molecular flexibility index (Phi) is 7.24. The summed E-state index contributed by atoms with van der Waals surface area (Å²) in [5, 5.41) is 3.00. The monoisotopic (exact) mass is 409 g/mol. The zero-order valence-electron chi connectivity index (χ0n) is 15.6. The molecule has 2 aromatic rings. The van der Waals surface area contributed by atoms with Gasteiger partial charge in [0.15, 0.2) is 0 Å². The van der Waals surface area contributed by atoms with E-state index >= 15 is 0 Å². The summed E-state index contributed by atoms with van der Waals surface area (Å²) in [6, 6.07) is 13.1. The number of carbonyl (C=O) groups excluding carboxylic acids is 1. The lowest BCUT2D eigenvalue weighted by Crippen LogP contribution is -2.42. The molecule has 1 N–H and O–H groups in total. The first-order valence-electron chi connectivity index (χ1n) is 8.47. The van der Waals surface area contributed by atoms with E-state index < -0.39 is 15.9 Å². The first-order valence-corrected chi connectivity index (χ1v) is 10.3. The topological polar surface area (TPSA) is 69.7 Å². The van der Waals surface area contributed by atoms with Gasteiger partial charge in [-0.05, 0) is 45.3 Å². The molecule has 0 bridgehead atoms. The number of benzene rings is 2. The minimum Gasteiger partial charge on any atom is -0.353 e. The maximum absolute atomic E-state index is 13.2. The Labute approximate surface area is 165 Å². The molecule has 0 radical (unpaired) electrons. The van der Waals surface area contributed by atoms with E-state index in [4.69, 9.17) is 11.6 Å². The highest BCUT2D eigenvalue weighted by Crippen LogP contribution is 2.30. The number of hydrogen-bond donors (Lipinski definition) is 1. The van der Waals surface area contributed by atoms with E-state index in [0.29, 0.717) is 13.1 Å². The molecule has 0 heterocycles. The normalized spacial score (nSPS) is 11.4. The molecule has 27 heavy (non-hydrogen) atoms. The van der Waals surface area contributed by atoms with Crippen molar-refractivity contribution in [2.45, 2.75) is 11.8 Å². The van der Waals surface area contributed by atoms with Gasteiger partial charge >= 0.3 is 0 Å². The highest BCUT2D eigenvalue weighted by atomic mass is 35.5. The smallest absolute Gasteiger partial charge is 0.264 e. The van der Waals surface area contributed by atoms with Crippen molar-refractivity contribution in [2.24, 2.45) is 0 Å². The number of hydrogen-bond acceptors (Lipinski definition) is 4. The Bertz CT molecular complexity index is 883. The first kappa shape index (κ1) is 21.2. The van der Waals surface area contributed by atoms with E-state index in [1.54, 1.807) is 36.4 Å². The molecule has 2 rings (SSSR count). The van der Waals surface area contributed by atoms with Gasteiger partial charge < -0.3 is 10.2 Å². The SMILES string of the molecule is Cc1ccc(S(=O)(=O)N(CC(=O)NCCN(C)C)c2ccccc2Cl)cc1. The number of amides is 1. The Balaban J connectivity index is 2.34. The summed E-state index contributed by atoms with van der Waals surface area (Å²) in [6.07, 6.45) is 0. The second kappa shape index (κ2) is 9.21. The van der Waals surface area contributed by atoms with E-state index in [-0.39, 0.29) is 22.2 Å². The molecule has 0 aliphatic heterocycles. The van der Waals surface area contributed by atoms with E-state index in [2.05, 4.69) is 5.32 Å². The number of rotatable bonds is 8. The van der Waals surface area contributed by atoms with Crippen LogP contribution in [0.2, 0.25) is 5.02 Å². The summed E-state index contributed by atoms with van der Waals surface area (Å²) in [6.45, 7) is 2.60. The number of carbonyl (C=O) groups is 1. The van der Waals surface area contributed by atoms with Crippen molar-refractivity contribution in [3.05, 3.63) is 59.1 Å². The van der Waals surface area contributed by atoms with Crippen LogP contribution in [0.1, 0.15) is 5.56 Å². The molecule has 0 spiro atoms. The number of halogens is 1. The largest absolute Gasteiger partial charge is 0.353 e. The van der Waals surface area contributed by atoms with Crippen LogP contribution in [-0.2, 0) is 14.8 Å². The van der Waals surface area contributed by atoms with Crippen LogP contribution in [0.5, 0.6) is 0 Å². The minimum atomic E-state index is -3.95. The number of anilines is 1. The lowest BCUT2D eigenvalue weighted by Gasteiger charge is -2.25. The quantitative estimate of drug-likeness (QED) is 0.727. The van der Waals surface area contributed by atoms with Crippen molar-refractivity contribution in [1.29, 1.82) is 0 Å². The molecular formula is C19H24ClN3O3S. The standard InChI is InChI=1S/C19H24ClN3O3S/c1-15-8-10-16(11-9-15)27(25,26)23(18-7-5-4-6-17(18)20)14-19(24)21-12-13-22(2)3/h4-11H,12-14H2,1-3H3,(H,21,24). The zero-order valence-corrected chi connectivity index (χ0v) is 17.2. The van der Waals surface area contributed by atoms with Crippen LogP contribution in [0.3, 0.4) is 0 Å². The summed E-state index contributed by atoms with van der Waals surface area (Å²) in [5.41, 5.74) is 1.21. The summed E-state index contributed by atoms with van der Waals surface area (Å²) < 4.78 is 27.4. The third-order valence-corrected chi connectivity index (χ3v) is 5.99. The van der Waals surface area contributed by atoms with Gasteiger partial charge in [-0.2, -0.15) is 0 Å². The number of nitrogens with zero attached hydrogens (tertiary/aromatic N) is 2. The van der Waals surface area contributed by atoms with Crippen molar-refractivity contribution in [3.8, 4) is 0 Å². The molecule has 6 nitrogen and oxygen atoms in total. The van der Waals surface area contributed by atoms with Crippen LogP contribution >= 0.6 is 11.6 Å². The number of sulfonamides is 1. The van der Waals surface area contributed by atoms with Gasteiger partial charge in [0.1, 0.15) is 6.54 Å². The summed E-state index contributed by atoms with van der Waals surface area (Å²) >= 11 is 6.22. The fourth-order valence-corrected chi connectivity index (χ4v) is 4.12. The highest BCUT2D eigenvalue weighted by Gasteiger charge is 2.28. The predicted octanol–water partition coefficient (Wildman–Crippen LogP) is 2.52. The lowest BCUT2D eigenvalue weighted by molar-refractivity contribution is -0.119. The molecule has 0 aromatic heterocycles. The first-order chi connectivity index (χ1) is 12.7. The molecule has 0 saturated heterocycles. The molecular weight excluding hydrogens is 386 g/mol. The molecule has 0 atom stereocenters. The van der Waals surface area contributed by atoms with Crippen LogP contribution in [0.4, 0.5) is 5.69 Å². The zero-order chi connectivity index (χ0) is 20.0. The second-order valence-corrected chi connectivity index (χ2v) is 8.70.